The molecule has 272 valence electrons. The van der Waals surface area contributed by atoms with Gasteiger partial charge in [-0.05, 0) is 79.9 Å². The summed E-state index contributed by atoms with van der Waals surface area (Å²) in [6.07, 6.45) is 2.70. The van der Waals surface area contributed by atoms with Crippen molar-refractivity contribution in [2.75, 3.05) is 38.0 Å². The third-order valence-corrected chi connectivity index (χ3v) is 9.85. The number of amides is 4. The minimum Gasteiger partial charge on any atom is -0.356 e. The third kappa shape index (κ3) is 9.22. The molecule has 2 aliphatic rings. The SMILES string of the molecule is O=C(CNC(=S)Nc1ccc(Cl)cc1)NCC(=O)N[C@@H](Cc1ccccc1)C(=O)N1CCC[C@H]1C(=O)N1CCC(c2noc3cc(F)ccc23)CC1. The summed E-state index contributed by atoms with van der Waals surface area (Å²) < 4.78 is 19.0. The molecule has 0 aliphatic carbocycles. The monoisotopic (exact) mass is 747 g/mol. The Morgan fingerprint density at radius 2 is 1.65 bits per heavy atom. The van der Waals surface area contributed by atoms with Crippen LogP contribution in [0.2, 0.25) is 5.02 Å². The van der Waals surface area contributed by atoms with Crippen molar-refractivity contribution in [3.8, 4) is 0 Å². The van der Waals surface area contributed by atoms with E-state index in [1.165, 1.54) is 12.1 Å². The Kier molecular flexibility index (Phi) is 12.0. The summed E-state index contributed by atoms with van der Waals surface area (Å²) in [5.41, 5.74) is 2.69. The summed E-state index contributed by atoms with van der Waals surface area (Å²) in [4.78, 5) is 56.9. The van der Waals surface area contributed by atoms with Crippen molar-refractivity contribution in [3.63, 3.8) is 0 Å². The van der Waals surface area contributed by atoms with E-state index in [1.54, 1.807) is 40.1 Å². The van der Waals surface area contributed by atoms with Crippen LogP contribution in [0.3, 0.4) is 0 Å². The number of nitrogens with zero attached hydrogens (tertiary/aromatic N) is 3. The fraction of sp³-hybridized carbons (Fsp3) is 0.351. The molecule has 0 spiro atoms. The normalized spacial score (nSPS) is 16.7. The van der Waals surface area contributed by atoms with Gasteiger partial charge in [-0.25, -0.2) is 4.39 Å². The minimum atomic E-state index is -0.953. The average Bonchev–Trinajstić information content (AvgIpc) is 3.81. The molecule has 12 nitrogen and oxygen atoms in total. The van der Waals surface area contributed by atoms with Crippen LogP contribution < -0.4 is 21.3 Å². The van der Waals surface area contributed by atoms with E-state index in [0.29, 0.717) is 61.6 Å². The van der Waals surface area contributed by atoms with Gasteiger partial charge in [0.2, 0.25) is 23.6 Å². The molecule has 0 unspecified atom stereocenters. The fourth-order valence-corrected chi connectivity index (χ4v) is 7.02. The number of piperidine rings is 1. The molecule has 2 atom stereocenters. The molecule has 2 saturated heterocycles. The summed E-state index contributed by atoms with van der Waals surface area (Å²) in [5, 5.41) is 16.9. The van der Waals surface area contributed by atoms with Gasteiger partial charge in [-0.15, -0.1) is 0 Å². The van der Waals surface area contributed by atoms with Crippen molar-refractivity contribution in [3.05, 3.63) is 94.9 Å². The number of aromatic nitrogens is 1. The van der Waals surface area contributed by atoms with E-state index in [0.717, 1.165) is 16.6 Å². The molecule has 4 aromatic rings. The lowest BCUT2D eigenvalue weighted by atomic mass is 9.91. The number of hydrogen-bond acceptors (Lipinski definition) is 7. The number of anilines is 1. The lowest BCUT2D eigenvalue weighted by Gasteiger charge is -2.36. The maximum atomic E-state index is 14.1. The topological polar surface area (TPSA) is 149 Å². The zero-order chi connectivity index (χ0) is 36.6. The van der Waals surface area contributed by atoms with E-state index < -0.39 is 29.7 Å². The highest BCUT2D eigenvalue weighted by Gasteiger charge is 2.40. The molecular formula is C37H39ClFN7O5S. The van der Waals surface area contributed by atoms with Gasteiger partial charge in [-0.1, -0.05) is 47.1 Å². The second kappa shape index (κ2) is 17.0. The van der Waals surface area contributed by atoms with Gasteiger partial charge in [0.05, 0.1) is 18.8 Å². The van der Waals surface area contributed by atoms with Gasteiger partial charge in [-0.2, -0.15) is 0 Å². The van der Waals surface area contributed by atoms with Crippen molar-refractivity contribution in [1.82, 2.24) is 30.9 Å². The Balaban J connectivity index is 1.03. The van der Waals surface area contributed by atoms with Crippen LogP contribution in [0.5, 0.6) is 0 Å². The van der Waals surface area contributed by atoms with Crippen molar-refractivity contribution < 1.29 is 28.1 Å². The molecule has 2 fully saturated rings. The predicted molar refractivity (Wildman–Crippen MR) is 198 cm³/mol. The summed E-state index contributed by atoms with van der Waals surface area (Å²) in [6, 6.07) is 19.0. The first-order valence-electron chi connectivity index (χ1n) is 17.2. The van der Waals surface area contributed by atoms with Crippen molar-refractivity contribution in [2.45, 2.75) is 50.1 Å². The Labute approximate surface area is 310 Å². The molecule has 4 amide bonds. The molecule has 0 radical (unpaired) electrons. The standard InChI is InChI=1S/C37H39ClFN7O5S/c38-25-8-11-27(12-9-25)42-37(52)41-21-32(47)40-22-33(48)43-29(19-23-5-2-1-3-6-23)35(49)46-16-4-7-30(46)36(50)45-17-14-24(15-18-45)34-28-13-10-26(39)20-31(28)51-44-34/h1-3,5-6,8-13,20,24,29-30H,4,7,14-19,21-22H2,(H,40,47)(H,43,48)(H2,41,42,52)/t29-,30-/m0/s1. The number of nitrogens with one attached hydrogen (secondary N) is 4. The molecule has 0 bridgehead atoms. The maximum Gasteiger partial charge on any atom is 0.246 e. The van der Waals surface area contributed by atoms with Crippen LogP contribution in [0.1, 0.15) is 42.9 Å². The summed E-state index contributed by atoms with van der Waals surface area (Å²) in [5.74, 6) is -1.82. The minimum absolute atomic E-state index is 0.0569. The number of carbonyl (C=O) groups is 4. The van der Waals surface area contributed by atoms with Crippen LogP contribution in [-0.2, 0) is 25.6 Å². The molecule has 4 N–H and O–H groups in total. The average molecular weight is 748 g/mol. The lowest BCUT2D eigenvalue weighted by molar-refractivity contribution is -0.146. The quantitative estimate of drug-likeness (QED) is 0.166. The van der Waals surface area contributed by atoms with Gasteiger partial charge in [0.15, 0.2) is 10.7 Å². The number of hydrogen-bond donors (Lipinski definition) is 4. The van der Waals surface area contributed by atoms with E-state index in [-0.39, 0.29) is 42.4 Å². The van der Waals surface area contributed by atoms with Gasteiger partial charge >= 0.3 is 0 Å². The number of halogens is 2. The van der Waals surface area contributed by atoms with E-state index in [9.17, 15) is 23.6 Å². The lowest BCUT2D eigenvalue weighted by Crippen LogP contribution is -2.56. The van der Waals surface area contributed by atoms with Crippen LogP contribution in [0, 0.1) is 5.82 Å². The number of likely N-dealkylation sites (tertiary alicyclic amines) is 2. The van der Waals surface area contributed by atoms with Crippen LogP contribution in [0.4, 0.5) is 10.1 Å². The first kappa shape index (κ1) is 36.7. The highest BCUT2D eigenvalue weighted by Crippen LogP contribution is 2.34. The molecule has 0 saturated carbocycles. The maximum absolute atomic E-state index is 14.1. The Morgan fingerprint density at radius 1 is 0.923 bits per heavy atom. The second-order valence-electron chi connectivity index (χ2n) is 12.9. The first-order chi connectivity index (χ1) is 25.1. The first-order valence-corrected chi connectivity index (χ1v) is 18.0. The molecule has 6 rings (SSSR count). The van der Waals surface area contributed by atoms with Gasteiger partial charge < -0.3 is 35.6 Å². The highest BCUT2D eigenvalue weighted by atomic mass is 35.5. The predicted octanol–water partition coefficient (Wildman–Crippen LogP) is 4.15. The largest absolute Gasteiger partial charge is 0.356 e. The molecule has 52 heavy (non-hydrogen) atoms. The number of carbonyl (C=O) groups excluding carboxylic acids is 4. The number of benzene rings is 3. The number of thiocarbonyl (C=S) groups is 1. The van der Waals surface area contributed by atoms with Crippen LogP contribution in [0.15, 0.2) is 77.3 Å². The Bertz CT molecular complexity index is 1920. The second-order valence-corrected chi connectivity index (χ2v) is 13.7. The molecule has 15 heteroatoms. The molecular weight excluding hydrogens is 709 g/mol. The van der Waals surface area contributed by atoms with E-state index >= 15 is 0 Å². The van der Waals surface area contributed by atoms with Crippen LogP contribution >= 0.6 is 23.8 Å². The molecule has 3 aromatic carbocycles. The fourth-order valence-electron chi connectivity index (χ4n) is 6.70. The zero-order valence-electron chi connectivity index (χ0n) is 28.3. The number of rotatable bonds is 11. The summed E-state index contributed by atoms with van der Waals surface area (Å²) in [6.45, 7) is 0.823. The zero-order valence-corrected chi connectivity index (χ0v) is 29.9. The van der Waals surface area contributed by atoms with Crippen LogP contribution in [0.25, 0.3) is 11.0 Å². The number of fused-ring (bicyclic) bond motifs is 1. The third-order valence-electron chi connectivity index (χ3n) is 9.35. The van der Waals surface area contributed by atoms with Crippen molar-refractivity contribution in [1.29, 1.82) is 0 Å². The highest BCUT2D eigenvalue weighted by molar-refractivity contribution is 7.80. The summed E-state index contributed by atoms with van der Waals surface area (Å²) >= 11 is 11.1. The van der Waals surface area contributed by atoms with E-state index in [2.05, 4.69) is 26.4 Å². The van der Waals surface area contributed by atoms with Gasteiger partial charge in [-0.3, -0.25) is 19.2 Å². The Hall–Kier alpha value is -5.08. The van der Waals surface area contributed by atoms with Crippen molar-refractivity contribution in [2.24, 2.45) is 0 Å². The van der Waals surface area contributed by atoms with Gasteiger partial charge in [0.25, 0.3) is 0 Å². The smallest absolute Gasteiger partial charge is 0.246 e. The van der Waals surface area contributed by atoms with Crippen molar-refractivity contribution >= 4 is 69.2 Å². The molecule has 3 heterocycles. The molecule has 1 aromatic heterocycles. The molecule has 2 aliphatic heterocycles. The Morgan fingerprint density at radius 3 is 2.40 bits per heavy atom. The summed E-state index contributed by atoms with van der Waals surface area (Å²) in [7, 11) is 0. The van der Waals surface area contributed by atoms with Crippen LogP contribution in [-0.4, -0.2) is 88.5 Å². The van der Waals surface area contributed by atoms with E-state index in [1.807, 2.05) is 30.3 Å². The van der Waals surface area contributed by atoms with Gasteiger partial charge in [0, 0.05) is 54.1 Å². The van der Waals surface area contributed by atoms with Gasteiger partial charge in [0.1, 0.15) is 17.9 Å². The van der Waals surface area contributed by atoms with E-state index in [4.69, 9.17) is 28.3 Å².